The molecule has 0 bridgehead atoms. The maximum absolute atomic E-state index is 11.9. The van der Waals surface area contributed by atoms with Crippen LogP contribution in [0.4, 0.5) is 10.7 Å². The van der Waals surface area contributed by atoms with E-state index >= 15 is 0 Å². The van der Waals surface area contributed by atoms with Crippen LogP contribution in [0, 0.1) is 0 Å². The van der Waals surface area contributed by atoms with Crippen LogP contribution in [0.3, 0.4) is 0 Å². The van der Waals surface area contributed by atoms with Crippen LogP contribution in [-0.2, 0) is 9.47 Å². The van der Waals surface area contributed by atoms with E-state index < -0.39 is 5.97 Å². The fourth-order valence-electron chi connectivity index (χ4n) is 1.61. The van der Waals surface area contributed by atoms with Crippen molar-refractivity contribution in [2.45, 2.75) is 0 Å². The number of methoxy groups -OCH3 is 2. The lowest BCUT2D eigenvalue weighted by Gasteiger charge is -2.17. The van der Waals surface area contributed by atoms with Crippen LogP contribution in [0.15, 0.2) is 0 Å². The second-order valence-corrected chi connectivity index (χ2v) is 5.01. The fraction of sp³-hybridized carbons (Fsp3) is 0.500. The number of thiophene rings is 1. The van der Waals surface area contributed by atoms with Crippen molar-refractivity contribution >= 4 is 33.9 Å². The van der Waals surface area contributed by atoms with Crippen molar-refractivity contribution in [2.75, 3.05) is 52.1 Å². The van der Waals surface area contributed by atoms with Crippen molar-refractivity contribution < 1.29 is 19.1 Å². The molecule has 0 unspecified atom stereocenters. The van der Waals surface area contributed by atoms with Gasteiger partial charge in [-0.15, -0.1) is 11.3 Å². The molecule has 0 radical (unpaired) electrons. The highest BCUT2D eigenvalue weighted by Crippen LogP contribution is 2.38. The summed E-state index contributed by atoms with van der Waals surface area (Å²) in [4.78, 5) is 25.8. The fourth-order valence-corrected chi connectivity index (χ4v) is 2.75. The van der Waals surface area contributed by atoms with E-state index in [9.17, 15) is 9.59 Å². The van der Waals surface area contributed by atoms with E-state index in [1.807, 2.05) is 4.90 Å². The van der Waals surface area contributed by atoms with Crippen LogP contribution in [0.2, 0.25) is 0 Å². The van der Waals surface area contributed by atoms with Crippen molar-refractivity contribution in [3.63, 3.8) is 0 Å². The number of nitrogens with two attached hydrogens (primary N) is 1. The van der Waals surface area contributed by atoms with Crippen LogP contribution in [-0.4, -0.2) is 53.3 Å². The molecule has 1 amide bonds. The Bertz CT molecular complexity index is 501. The highest BCUT2D eigenvalue weighted by atomic mass is 32.1. The number of nitrogens with zero attached hydrogens (tertiary/aromatic N) is 1. The van der Waals surface area contributed by atoms with Gasteiger partial charge >= 0.3 is 5.97 Å². The summed E-state index contributed by atoms with van der Waals surface area (Å²) in [6.45, 7) is 1.05. The summed E-state index contributed by atoms with van der Waals surface area (Å²) in [5.41, 5.74) is 6.27. The number of anilines is 2. The molecule has 0 fully saturated rings. The Labute approximate surface area is 121 Å². The first-order valence-electron chi connectivity index (χ1n) is 5.90. The van der Waals surface area contributed by atoms with Gasteiger partial charge in [-0.3, -0.25) is 4.79 Å². The normalized spacial score (nSPS) is 10.2. The van der Waals surface area contributed by atoms with Crippen LogP contribution in [0.1, 0.15) is 20.0 Å². The summed E-state index contributed by atoms with van der Waals surface area (Å²) >= 11 is 1.15. The molecule has 0 atom stereocenters. The van der Waals surface area contributed by atoms with Crippen LogP contribution in [0.5, 0.6) is 0 Å². The van der Waals surface area contributed by atoms with Gasteiger partial charge in [-0.25, -0.2) is 4.79 Å². The van der Waals surface area contributed by atoms with E-state index in [4.69, 9.17) is 15.2 Å². The zero-order valence-electron chi connectivity index (χ0n) is 12.0. The molecule has 8 heteroatoms. The third-order valence-electron chi connectivity index (χ3n) is 2.73. The molecular weight excluding hydrogens is 282 g/mol. The topological polar surface area (TPSA) is 93.9 Å². The summed E-state index contributed by atoms with van der Waals surface area (Å²) in [6, 6.07) is 0. The number of hydrogen-bond donors (Lipinski definition) is 2. The Morgan fingerprint density at radius 1 is 1.40 bits per heavy atom. The van der Waals surface area contributed by atoms with E-state index in [1.165, 1.54) is 14.2 Å². The van der Waals surface area contributed by atoms with Crippen molar-refractivity contribution in [1.82, 2.24) is 5.32 Å². The molecule has 0 saturated heterocycles. The number of hydrogen-bond acceptors (Lipinski definition) is 7. The number of rotatable bonds is 6. The number of amides is 1. The van der Waals surface area contributed by atoms with Gasteiger partial charge in [0.05, 0.1) is 19.4 Å². The Morgan fingerprint density at radius 2 is 2.05 bits per heavy atom. The highest BCUT2D eigenvalue weighted by molar-refractivity contribution is 7.19. The molecule has 0 aliphatic carbocycles. The summed E-state index contributed by atoms with van der Waals surface area (Å²) in [5.74, 6) is -0.891. The molecule has 7 nitrogen and oxygen atoms in total. The van der Waals surface area contributed by atoms with Gasteiger partial charge in [0, 0.05) is 27.7 Å². The number of carbonyl (C=O) groups excluding carboxylic acids is 2. The minimum Gasteiger partial charge on any atom is -0.465 e. The van der Waals surface area contributed by atoms with Crippen molar-refractivity contribution in [3.05, 3.63) is 10.4 Å². The lowest BCUT2D eigenvalue weighted by atomic mass is 10.2. The molecule has 1 aromatic rings. The predicted octanol–water partition coefficient (Wildman–Crippen LogP) is 0.559. The number of esters is 1. The average Bonchev–Trinajstić information content (AvgIpc) is 2.80. The Kier molecular flexibility index (Phi) is 5.78. The van der Waals surface area contributed by atoms with Crippen molar-refractivity contribution in [3.8, 4) is 0 Å². The van der Waals surface area contributed by atoms with Crippen LogP contribution < -0.4 is 16.0 Å². The molecule has 0 spiro atoms. The first kappa shape index (κ1) is 16.3. The molecule has 0 aromatic carbocycles. The van der Waals surface area contributed by atoms with E-state index in [0.717, 1.165) is 11.3 Å². The summed E-state index contributed by atoms with van der Waals surface area (Å²) in [6.07, 6.45) is 0. The van der Waals surface area contributed by atoms with Gasteiger partial charge in [0.1, 0.15) is 15.4 Å². The second-order valence-electron chi connectivity index (χ2n) is 4.01. The minimum absolute atomic E-state index is 0.139. The highest BCUT2D eigenvalue weighted by Gasteiger charge is 2.27. The number of nitrogen functional groups attached to an aromatic ring is 1. The van der Waals surface area contributed by atoms with Gasteiger partial charge in [-0.05, 0) is 0 Å². The van der Waals surface area contributed by atoms with Crippen LogP contribution >= 0.6 is 11.3 Å². The quantitative estimate of drug-likeness (QED) is 0.746. The average molecular weight is 301 g/mol. The standard InChI is InChI=1S/C12H19N3O4S/c1-14-10(16)9-8(13)7(12(17)19-4)11(20-9)15(2)5-6-18-3/h5-6,13H2,1-4H3,(H,14,16). The molecule has 0 aliphatic rings. The SMILES string of the molecule is CNC(=O)c1sc(N(C)CCOC)c(C(=O)OC)c1N. The summed E-state index contributed by atoms with van der Waals surface area (Å²) < 4.78 is 9.74. The van der Waals surface area contributed by atoms with Crippen molar-refractivity contribution in [1.29, 1.82) is 0 Å². The number of likely N-dealkylation sites (N-methyl/N-ethyl adjacent to an activating group) is 1. The molecule has 1 heterocycles. The zero-order chi connectivity index (χ0) is 15.3. The molecule has 1 aromatic heterocycles. The maximum atomic E-state index is 11.9. The van der Waals surface area contributed by atoms with E-state index in [0.29, 0.717) is 23.0 Å². The monoisotopic (exact) mass is 301 g/mol. The van der Waals surface area contributed by atoms with Crippen molar-refractivity contribution in [2.24, 2.45) is 0 Å². The molecule has 3 N–H and O–H groups in total. The van der Waals surface area contributed by atoms with Gasteiger partial charge in [-0.2, -0.15) is 0 Å². The molecule has 1 rings (SSSR count). The molecular formula is C12H19N3O4S. The summed E-state index contributed by atoms with van der Waals surface area (Å²) in [7, 11) is 6.17. The maximum Gasteiger partial charge on any atom is 0.343 e. The minimum atomic E-state index is -0.562. The smallest absolute Gasteiger partial charge is 0.343 e. The van der Waals surface area contributed by atoms with Gasteiger partial charge in [0.2, 0.25) is 0 Å². The predicted molar refractivity (Wildman–Crippen MR) is 78.6 cm³/mol. The number of nitrogens with one attached hydrogen (secondary N) is 1. The third kappa shape index (κ3) is 3.20. The first-order chi connectivity index (χ1) is 9.47. The molecule has 0 aliphatic heterocycles. The lowest BCUT2D eigenvalue weighted by Crippen LogP contribution is -2.23. The van der Waals surface area contributed by atoms with Gasteiger partial charge in [0.15, 0.2) is 0 Å². The second kappa shape index (κ2) is 7.11. The van der Waals surface area contributed by atoms with E-state index in [2.05, 4.69) is 5.32 Å². The molecule has 112 valence electrons. The molecule has 20 heavy (non-hydrogen) atoms. The van der Waals surface area contributed by atoms with E-state index in [1.54, 1.807) is 14.2 Å². The third-order valence-corrected chi connectivity index (χ3v) is 4.05. The largest absolute Gasteiger partial charge is 0.465 e. The Morgan fingerprint density at radius 3 is 2.55 bits per heavy atom. The van der Waals surface area contributed by atoms with Gasteiger partial charge in [-0.1, -0.05) is 0 Å². The van der Waals surface area contributed by atoms with Gasteiger partial charge in [0.25, 0.3) is 5.91 Å². The van der Waals surface area contributed by atoms with Crippen LogP contribution in [0.25, 0.3) is 0 Å². The lowest BCUT2D eigenvalue weighted by molar-refractivity contribution is 0.0603. The first-order valence-corrected chi connectivity index (χ1v) is 6.72. The Hall–Kier alpha value is -1.80. The number of ether oxygens (including phenoxy) is 2. The molecule has 0 saturated carbocycles. The number of carbonyl (C=O) groups is 2. The zero-order valence-corrected chi connectivity index (χ0v) is 12.8. The summed E-state index contributed by atoms with van der Waals surface area (Å²) in [5, 5.41) is 3.09. The van der Waals surface area contributed by atoms with E-state index in [-0.39, 0.29) is 17.2 Å². The van der Waals surface area contributed by atoms with Gasteiger partial charge < -0.3 is 25.4 Å². The Balaban J connectivity index is 3.26.